The fourth-order valence-electron chi connectivity index (χ4n) is 2.35. The van der Waals surface area contributed by atoms with Crippen molar-refractivity contribution < 1.29 is 9.72 Å². The van der Waals surface area contributed by atoms with E-state index in [-0.39, 0.29) is 17.5 Å². The Bertz CT molecular complexity index is 522. The van der Waals surface area contributed by atoms with E-state index in [9.17, 15) is 14.9 Å². The molecule has 20 heavy (non-hydrogen) atoms. The van der Waals surface area contributed by atoms with E-state index in [4.69, 9.17) is 0 Å². The van der Waals surface area contributed by atoms with Gasteiger partial charge in [0.2, 0.25) is 5.91 Å². The summed E-state index contributed by atoms with van der Waals surface area (Å²) in [6, 6.07) is 6.11. The fraction of sp³-hybridized carbons (Fsp3) is 0.429. The Labute approximate surface area is 117 Å². The predicted octanol–water partition coefficient (Wildman–Crippen LogP) is 2.63. The Balaban J connectivity index is 1.91. The highest BCUT2D eigenvalue weighted by Crippen LogP contribution is 2.23. The van der Waals surface area contributed by atoms with Gasteiger partial charge in [-0.15, -0.1) is 0 Å². The zero-order valence-corrected chi connectivity index (χ0v) is 11.1. The molecule has 0 aliphatic heterocycles. The number of nitro groups is 1. The van der Waals surface area contributed by atoms with E-state index in [1.165, 1.54) is 24.8 Å². The minimum Gasteiger partial charge on any atom is -0.273 e. The van der Waals surface area contributed by atoms with E-state index < -0.39 is 4.92 Å². The third kappa shape index (κ3) is 3.88. The van der Waals surface area contributed by atoms with E-state index in [1.54, 1.807) is 12.1 Å². The summed E-state index contributed by atoms with van der Waals surface area (Å²) in [4.78, 5) is 22.0. The van der Waals surface area contributed by atoms with Crippen LogP contribution in [-0.2, 0) is 4.79 Å². The first-order valence-corrected chi connectivity index (χ1v) is 6.74. The number of carbonyl (C=O) groups excluding carboxylic acids is 1. The molecule has 0 spiro atoms. The summed E-state index contributed by atoms with van der Waals surface area (Å²) in [6.07, 6.45) is 6.63. The molecule has 1 amide bonds. The molecule has 6 heteroatoms. The molecule has 1 aromatic carbocycles. The van der Waals surface area contributed by atoms with Crippen LogP contribution in [0, 0.1) is 16.0 Å². The number of benzene rings is 1. The van der Waals surface area contributed by atoms with Crippen LogP contribution in [0.1, 0.15) is 37.7 Å². The summed E-state index contributed by atoms with van der Waals surface area (Å²) >= 11 is 0. The molecule has 0 aromatic heterocycles. The van der Waals surface area contributed by atoms with Crippen molar-refractivity contribution in [2.75, 3.05) is 0 Å². The van der Waals surface area contributed by atoms with Crippen LogP contribution in [0.3, 0.4) is 0 Å². The summed E-state index contributed by atoms with van der Waals surface area (Å²) in [6.45, 7) is 0. The van der Waals surface area contributed by atoms with Gasteiger partial charge in [0, 0.05) is 23.6 Å². The first-order chi connectivity index (χ1) is 9.66. The van der Waals surface area contributed by atoms with Crippen LogP contribution < -0.4 is 5.43 Å². The molecule has 0 unspecified atom stereocenters. The molecule has 1 aliphatic carbocycles. The zero-order chi connectivity index (χ0) is 14.4. The zero-order valence-electron chi connectivity index (χ0n) is 11.1. The van der Waals surface area contributed by atoms with E-state index >= 15 is 0 Å². The largest absolute Gasteiger partial charge is 0.273 e. The van der Waals surface area contributed by atoms with Gasteiger partial charge in [-0.1, -0.05) is 31.4 Å². The summed E-state index contributed by atoms with van der Waals surface area (Å²) in [5.41, 5.74) is 3.10. The van der Waals surface area contributed by atoms with Gasteiger partial charge in [-0.05, 0) is 12.8 Å². The molecule has 1 fully saturated rings. The molecule has 1 saturated carbocycles. The summed E-state index contributed by atoms with van der Waals surface area (Å²) < 4.78 is 0. The smallest absolute Gasteiger partial charge is 0.270 e. The van der Waals surface area contributed by atoms with Crippen LogP contribution >= 0.6 is 0 Å². The molecule has 0 bridgehead atoms. The molecule has 2 rings (SSSR count). The average molecular weight is 275 g/mol. The van der Waals surface area contributed by atoms with E-state index in [0.717, 1.165) is 25.7 Å². The lowest BCUT2D eigenvalue weighted by molar-refractivity contribution is -0.384. The molecule has 1 aliphatic rings. The van der Waals surface area contributed by atoms with Crippen LogP contribution in [0.4, 0.5) is 5.69 Å². The Morgan fingerprint density at radius 1 is 1.35 bits per heavy atom. The minimum atomic E-state index is -0.460. The van der Waals surface area contributed by atoms with Crippen molar-refractivity contribution in [3.63, 3.8) is 0 Å². The molecular weight excluding hydrogens is 258 g/mol. The van der Waals surface area contributed by atoms with Gasteiger partial charge >= 0.3 is 0 Å². The second-order valence-corrected chi connectivity index (χ2v) is 4.92. The number of nitrogens with zero attached hydrogens (tertiary/aromatic N) is 2. The van der Waals surface area contributed by atoms with E-state index in [1.807, 2.05) is 0 Å². The standard InChI is InChI=1S/C14H17N3O3/c18-14(12-6-2-1-3-7-12)16-15-10-11-5-4-8-13(9-11)17(19)20/h4-5,8-10,12H,1-3,6-7H2,(H,16,18). The van der Waals surface area contributed by atoms with Gasteiger partial charge in [-0.2, -0.15) is 5.10 Å². The lowest BCUT2D eigenvalue weighted by atomic mass is 9.89. The first-order valence-electron chi connectivity index (χ1n) is 6.74. The van der Waals surface area contributed by atoms with Gasteiger partial charge in [-0.3, -0.25) is 14.9 Å². The molecule has 0 saturated heterocycles. The van der Waals surface area contributed by atoms with Crippen molar-refractivity contribution in [3.05, 3.63) is 39.9 Å². The molecule has 1 aromatic rings. The number of carbonyl (C=O) groups is 1. The quantitative estimate of drug-likeness (QED) is 0.520. The van der Waals surface area contributed by atoms with Crippen molar-refractivity contribution in [1.82, 2.24) is 5.43 Å². The van der Waals surface area contributed by atoms with Gasteiger partial charge in [-0.25, -0.2) is 5.43 Å². The Hall–Kier alpha value is -2.24. The number of hydrogen-bond acceptors (Lipinski definition) is 4. The van der Waals surface area contributed by atoms with Gasteiger partial charge < -0.3 is 0 Å². The third-order valence-electron chi connectivity index (χ3n) is 3.45. The van der Waals surface area contributed by atoms with Crippen LogP contribution in [0.15, 0.2) is 29.4 Å². The van der Waals surface area contributed by atoms with Crippen LogP contribution in [0.5, 0.6) is 0 Å². The molecule has 0 heterocycles. The van der Waals surface area contributed by atoms with Crippen molar-refractivity contribution in [2.24, 2.45) is 11.0 Å². The molecule has 6 nitrogen and oxygen atoms in total. The number of rotatable bonds is 4. The molecule has 0 atom stereocenters. The van der Waals surface area contributed by atoms with E-state index in [0.29, 0.717) is 5.56 Å². The maximum atomic E-state index is 11.8. The number of non-ortho nitro benzene ring substituents is 1. The van der Waals surface area contributed by atoms with Gasteiger partial charge in [0.05, 0.1) is 11.1 Å². The highest BCUT2D eigenvalue weighted by atomic mass is 16.6. The molecular formula is C14H17N3O3. The third-order valence-corrected chi connectivity index (χ3v) is 3.45. The van der Waals surface area contributed by atoms with Crippen molar-refractivity contribution in [3.8, 4) is 0 Å². The Morgan fingerprint density at radius 2 is 2.10 bits per heavy atom. The number of nitrogens with one attached hydrogen (secondary N) is 1. The predicted molar refractivity (Wildman–Crippen MR) is 75.4 cm³/mol. The maximum Gasteiger partial charge on any atom is 0.270 e. The Kier molecular flexibility index (Phi) is 4.81. The molecule has 106 valence electrons. The summed E-state index contributed by atoms with van der Waals surface area (Å²) in [5.74, 6) is -0.0163. The second-order valence-electron chi connectivity index (χ2n) is 4.92. The first kappa shape index (κ1) is 14.2. The summed E-state index contributed by atoms with van der Waals surface area (Å²) in [7, 11) is 0. The van der Waals surface area contributed by atoms with E-state index in [2.05, 4.69) is 10.5 Å². The molecule has 0 radical (unpaired) electrons. The number of amides is 1. The minimum absolute atomic E-state index is 0.00700. The van der Waals surface area contributed by atoms with Crippen LogP contribution in [-0.4, -0.2) is 17.0 Å². The van der Waals surface area contributed by atoms with Gasteiger partial charge in [0.25, 0.3) is 5.69 Å². The number of hydrazone groups is 1. The van der Waals surface area contributed by atoms with Crippen molar-refractivity contribution in [1.29, 1.82) is 0 Å². The summed E-state index contributed by atoms with van der Waals surface area (Å²) in [5, 5.41) is 14.5. The van der Waals surface area contributed by atoms with Crippen molar-refractivity contribution in [2.45, 2.75) is 32.1 Å². The van der Waals surface area contributed by atoms with Gasteiger partial charge in [0.1, 0.15) is 0 Å². The van der Waals surface area contributed by atoms with Crippen LogP contribution in [0.25, 0.3) is 0 Å². The normalized spacial score (nSPS) is 16.2. The highest BCUT2D eigenvalue weighted by molar-refractivity contribution is 5.83. The van der Waals surface area contributed by atoms with Gasteiger partial charge in [0.15, 0.2) is 0 Å². The highest BCUT2D eigenvalue weighted by Gasteiger charge is 2.20. The lowest BCUT2D eigenvalue weighted by Gasteiger charge is -2.19. The SMILES string of the molecule is O=C(NN=Cc1cccc([N+](=O)[O-])c1)C1CCCCC1. The van der Waals surface area contributed by atoms with Crippen molar-refractivity contribution >= 4 is 17.8 Å². The topological polar surface area (TPSA) is 84.6 Å². The second kappa shape index (κ2) is 6.79. The Morgan fingerprint density at radius 3 is 2.80 bits per heavy atom. The average Bonchev–Trinajstić information content (AvgIpc) is 2.48. The number of hydrogen-bond donors (Lipinski definition) is 1. The molecule has 1 N–H and O–H groups in total. The monoisotopic (exact) mass is 275 g/mol. The lowest BCUT2D eigenvalue weighted by Crippen LogP contribution is -2.28. The fourth-order valence-corrected chi connectivity index (χ4v) is 2.35. The maximum absolute atomic E-state index is 11.8. The van der Waals surface area contributed by atoms with Crippen LogP contribution in [0.2, 0.25) is 0 Å². The number of nitro benzene ring substituents is 1.